The van der Waals surface area contributed by atoms with Gasteiger partial charge in [0.2, 0.25) is 0 Å². The van der Waals surface area contributed by atoms with Crippen molar-refractivity contribution in [2.75, 3.05) is 20.3 Å². The van der Waals surface area contributed by atoms with E-state index in [1.807, 2.05) is 36.4 Å². The van der Waals surface area contributed by atoms with Crippen LogP contribution in [0.3, 0.4) is 0 Å². The lowest BCUT2D eigenvalue weighted by Gasteiger charge is -2.18. The third-order valence-electron chi connectivity index (χ3n) is 4.31. The summed E-state index contributed by atoms with van der Waals surface area (Å²) in [5, 5.41) is 29.4. The molecular weight excluding hydrogens is 354 g/mol. The molecule has 148 valence electrons. The molecule has 1 heterocycles. The number of ether oxygens (including phenoxy) is 1. The van der Waals surface area contributed by atoms with Gasteiger partial charge in [0.15, 0.2) is 0 Å². The Morgan fingerprint density at radius 2 is 1.96 bits per heavy atom. The molecule has 0 amide bonds. The quantitative estimate of drug-likeness (QED) is 0.548. The Hall–Kier alpha value is -2.73. The molecule has 0 saturated carbocycles. The van der Waals surface area contributed by atoms with Gasteiger partial charge in [0, 0.05) is 13.3 Å². The summed E-state index contributed by atoms with van der Waals surface area (Å²) in [4.78, 5) is 4.42. The highest BCUT2D eigenvalue weighted by Crippen LogP contribution is 2.26. The van der Waals surface area contributed by atoms with Crippen LogP contribution < -0.4 is 0 Å². The van der Waals surface area contributed by atoms with E-state index >= 15 is 0 Å². The van der Waals surface area contributed by atoms with Crippen molar-refractivity contribution in [1.82, 2.24) is 4.98 Å². The zero-order valence-corrected chi connectivity index (χ0v) is 16.1. The third kappa shape index (κ3) is 6.46. The maximum atomic E-state index is 10.7. The first-order valence-electron chi connectivity index (χ1n) is 9.12. The Morgan fingerprint density at radius 1 is 1.21 bits per heavy atom. The van der Waals surface area contributed by atoms with Crippen molar-refractivity contribution in [3.63, 3.8) is 0 Å². The van der Waals surface area contributed by atoms with Crippen LogP contribution in [0.5, 0.6) is 5.75 Å². The number of phenols is 1. The standard InChI is InChI=1S/C23H27NO4/c1-17(16-28-2)21(12-14-25)23(27)11-8-19(22-5-3-4-13-24-22)15-18-6-9-20(26)10-7-18/h3-7,9-10,12-13,15,23,25-27H,1,8,11,14,16H2,2H3/b19-15-,21-12-. The van der Waals surface area contributed by atoms with Gasteiger partial charge >= 0.3 is 0 Å². The molecule has 3 N–H and O–H groups in total. The van der Waals surface area contributed by atoms with Gasteiger partial charge in [-0.1, -0.05) is 30.9 Å². The van der Waals surface area contributed by atoms with Crippen LogP contribution in [0.1, 0.15) is 24.1 Å². The van der Waals surface area contributed by atoms with Gasteiger partial charge in [0.25, 0.3) is 0 Å². The molecule has 0 aliphatic rings. The van der Waals surface area contributed by atoms with Gasteiger partial charge in [-0.25, -0.2) is 0 Å². The van der Waals surface area contributed by atoms with E-state index in [4.69, 9.17) is 4.74 Å². The van der Waals surface area contributed by atoms with Crippen molar-refractivity contribution in [2.45, 2.75) is 18.9 Å². The van der Waals surface area contributed by atoms with Gasteiger partial charge in [-0.3, -0.25) is 4.98 Å². The largest absolute Gasteiger partial charge is 0.508 e. The second-order valence-corrected chi connectivity index (χ2v) is 6.41. The van der Waals surface area contributed by atoms with Crippen molar-refractivity contribution in [2.24, 2.45) is 0 Å². The summed E-state index contributed by atoms with van der Waals surface area (Å²) in [5.74, 6) is 0.211. The van der Waals surface area contributed by atoms with E-state index in [9.17, 15) is 15.3 Å². The Morgan fingerprint density at radius 3 is 2.57 bits per heavy atom. The first kappa shape index (κ1) is 21.6. The number of allylic oxidation sites excluding steroid dienone is 1. The molecule has 5 nitrogen and oxygen atoms in total. The average molecular weight is 381 g/mol. The molecule has 0 aliphatic carbocycles. The van der Waals surface area contributed by atoms with Gasteiger partial charge in [0.1, 0.15) is 5.75 Å². The number of pyridine rings is 1. The van der Waals surface area contributed by atoms with Gasteiger partial charge in [-0.05, 0) is 65.5 Å². The SMILES string of the molecule is C=C(COC)/C(=C/CO)C(O)CC/C(=C/c1ccc(O)cc1)c1ccccn1. The minimum absolute atomic E-state index is 0.175. The monoisotopic (exact) mass is 381 g/mol. The minimum atomic E-state index is -0.776. The van der Waals surface area contributed by atoms with Crippen LogP contribution in [0.4, 0.5) is 0 Å². The Bertz CT molecular complexity index is 810. The Balaban J connectivity index is 2.22. The highest BCUT2D eigenvalue weighted by Gasteiger charge is 2.15. The predicted molar refractivity (Wildman–Crippen MR) is 112 cm³/mol. The lowest BCUT2D eigenvalue weighted by Crippen LogP contribution is -2.15. The molecule has 2 rings (SSSR count). The zero-order chi connectivity index (χ0) is 20.4. The molecule has 0 aliphatic heterocycles. The zero-order valence-electron chi connectivity index (χ0n) is 16.1. The number of aliphatic hydroxyl groups excluding tert-OH is 2. The van der Waals surface area contributed by atoms with Crippen LogP contribution in [0.25, 0.3) is 11.6 Å². The molecule has 28 heavy (non-hydrogen) atoms. The molecule has 1 atom stereocenters. The number of rotatable bonds is 10. The maximum Gasteiger partial charge on any atom is 0.115 e. The fourth-order valence-corrected chi connectivity index (χ4v) is 2.92. The number of methoxy groups -OCH3 is 1. The van der Waals surface area contributed by atoms with Gasteiger partial charge < -0.3 is 20.1 Å². The molecule has 0 saturated heterocycles. The minimum Gasteiger partial charge on any atom is -0.508 e. The van der Waals surface area contributed by atoms with E-state index in [0.717, 1.165) is 16.8 Å². The lowest BCUT2D eigenvalue weighted by molar-refractivity contribution is 0.191. The normalized spacial score (nSPS) is 13.4. The summed E-state index contributed by atoms with van der Waals surface area (Å²) < 4.78 is 5.09. The highest BCUT2D eigenvalue weighted by atomic mass is 16.5. The summed E-state index contributed by atoms with van der Waals surface area (Å²) >= 11 is 0. The number of phenolic OH excluding ortho intramolecular Hbond substituents is 1. The number of benzene rings is 1. The number of hydrogen-bond donors (Lipinski definition) is 3. The topological polar surface area (TPSA) is 82.8 Å². The predicted octanol–water partition coefficient (Wildman–Crippen LogP) is 3.59. The molecule has 1 unspecified atom stereocenters. The number of aromatic hydroxyl groups is 1. The number of aromatic nitrogens is 1. The molecule has 0 bridgehead atoms. The van der Waals surface area contributed by atoms with Crippen LogP contribution in [0, 0.1) is 0 Å². The van der Waals surface area contributed by atoms with E-state index < -0.39 is 6.10 Å². The second-order valence-electron chi connectivity index (χ2n) is 6.41. The van der Waals surface area contributed by atoms with Gasteiger partial charge in [0.05, 0.1) is 25.0 Å². The fourth-order valence-electron chi connectivity index (χ4n) is 2.92. The van der Waals surface area contributed by atoms with E-state index in [-0.39, 0.29) is 12.4 Å². The first-order valence-corrected chi connectivity index (χ1v) is 9.12. The van der Waals surface area contributed by atoms with Crippen LogP contribution in [-0.2, 0) is 4.74 Å². The van der Waals surface area contributed by atoms with Crippen LogP contribution in [-0.4, -0.2) is 46.7 Å². The maximum absolute atomic E-state index is 10.7. The van der Waals surface area contributed by atoms with E-state index in [0.29, 0.717) is 30.6 Å². The van der Waals surface area contributed by atoms with E-state index in [1.165, 1.54) is 0 Å². The number of hydrogen-bond acceptors (Lipinski definition) is 5. The van der Waals surface area contributed by atoms with Crippen molar-refractivity contribution in [3.05, 3.63) is 83.7 Å². The molecule has 0 spiro atoms. The number of nitrogens with zero attached hydrogens (tertiary/aromatic N) is 1. The van der Waals surface area contributed by atoms with E-state index in [1.54, 1.807) is 31.5 Å². The third-order valence-corrected chi connectivity index (χ3v) is 4.31. The van der Waals surface area contributed by atoms with Crippen LogP contribution >= 0.6 is 0 Å². The average Bonchev–Trinajstić information content (AvgIpc) is 2.71. The molecule has 5 heteroatoms. The summed E-state index contributed by atoms with van der Waals surface area (Å²) in [7, 11) is 1.56. The van der Waals surface area contributed by atoms with Crippen molar-refractivity contribution in [1.29, 1.82) is 0 Å². The molecule has 0 radical (unpaired) electrons. The fraction of sp³-hybridized carbons (Fsp3) is 0.261. The smallest absolute Gasteiger partial charge is 0.115 e. The van der Waals surface area contributed by atoms with E-state index in [2.05, 4.69) is 11.6 Å². The Labute approximate surface area is 166 Å². The van der Waals surface area contributed by atoms with Crippen molar-refractivity contribution < 1.29 is 20.1 Å². The molecule has 1 aromatic carbocycles. The lowest BCUT2D eigenvalue weighted by atomic mass is 9.94. The van der Waals surface area contributed by atoms with Crippen LogP contribution in [0.15, 0.2) is 72.5 Å². The number of aliphatic hydroxyl groups is 2. The first-order chi connectivity index (χ1) is 13.5. The highest BCUT2D eigenvalue weighted by molar-refractivity contribution is 5.80. The summed E-state index contributed by atoms with van der Waals surface area (Å²) in [6.07, 6.45) is 5.52. The molecular formula is C23H27NO4. The summed E-state index contributed by atoms with van der Waals surface area (Å²) in [6, 6.07) is 12.6. The molecule has 0 fully saturated rings. The van der Waals surface area contributed by atoms with Crippen LogP contribution in [0.2, 0.25) is 0 Å². The Kier molecular flexibility index (Phi) is 8.62. The molecule has 2 aromatic rings. The summed E-state index contributed by atoms with van der Waals surface area (Å²) in [6.45, 7) is 4.05. The molecule has 1 aromatic heterocycles. The van der Waals surface area contributed by atoms with Gasteiger partial charge in [-0.15, -0.1) is 0 Å². The van der Waals surface area contributed by atoms with Crippen molar-refractivity contribution in [3.8, 4) is 5.75 Å². The van der Waals surface area contributed by atoms with Crippen molar-refractivity contribution >= 4 is 11.6 Å². The second kappa shape index (κ2) is 11.2. The van der Waals surface area contributed by atoms with Gasteiger partial charge in [-0.2, -0.15) is 0 Å². The summed E-state index contributed by atoms with van der Waals surface area (Å²) in [5.41, 5.74) is 3.96.